The monoisotopic (exact) mass is 217 g/mol. The molecule has 16 heavy (non-hydrogen) atoms. The van der Waals surface area contributed by atoms with Crippen molar-refractivity contribution in [1.82, 2.24) is 5.32 Å². The standard InChI is InChI=1S/C15H23N/c1-4-13-5-6-14(11(2)3)8-15(13)7-12-9-16-10-12/h5-6,8,11-12,16H,4,7,9-10H2,1-3H3. The van der Waals surface area contributed by atoms with E-state index in [0.717, 1.165) is 12.3 Å². The summed E-state index contributed by atoms with van der Waals surface area (Å²) in [6, 6.07) is 7.06. The van der Waals surface area contributed by atoms with Gasteiger partial charge in [-0.1, -0.05) is 39.0 Å². The summed E-state index contributed by atoms with van der Waals surface area (Å²) >= 11 is 0. The number of benzene rings is 1. The van der Waals surface area contributed by atoms with Crippen LogP contribution in [0.15, 0.2) is 18.2 Å². The molecule has 0 saturated carbocycles. The highest BCUT2D eigenvalue weighted by Gasteiger charge is 2.18. The Bertz CT molecular complexity index is 350. The Labute approximate surface area is 99.3 Å². The van der Waals surface area contributed by atoms with Gasteiger partial charge in [0.1, 0.15) is 0 Å². The molecule has 0 aliphatic carbocycles. The zero-order valence-electron chi connectivity index (χ0n) is 10.7. The highest BCUT2D eigenvalue weighted by atomic mass is 14.9. The van der Waals surface area contributed by atoms with Crippen LogP contribution >= 0.6 is 0 Å². The van der Waals surface area contributed by atoms with E-state index in [1.54, 1.807) is 5.56 Å². The number of hydrogen-bond acceptors (Lipinski definition) is 1. The van der Waals surface area contributed by atoms with Crippen LogP contribution in [0.2, 0.25) is 0 Å². The first-order valence-corrected chi connectivity index (χ1v) is 6.53. The molecule has 1 aromatic rings. The predicted molar refractivity (Wildman–Crippen MR) is 70.0 cm³/mol. The normalized spacial score (nSPS) is 16.5. The summed E-state index contributed by atoms with van der Waals surface area (Å²) in [5, 5.41) is 3.36. The van der Waals surface area contributed by atoms with Crippen LogP contribution in [0.4, 0.5) is 0 Å². The maximum Gasteiger partial charge on any atom is -0.000506 e. The number of nitrogens with one attached hydrogen (secondary N) is 1. The van der Waals surface area contributed by atoms with E-state index in [2.05, 4.69) is 44.3 Å². The van der Waals surface area contributed by atoms with Gasteiger partial charge in [0.15, 0.2) is 0 Å². The van der Waals surface area contributed by atoms with Gasteiger partial charge in [-0.15, -0.1) is 0 Å². The lowest BCUT2D eigenvalue weighted by molar-refractivity contribution is 0.346. The third-order valence-electron chi connectivity index (χ3n) is 3.65. The molecule has 1 N–H and O–H groups in total. The first-order chi connectivity index (χ1) is 7.70. The summed E-state index contributed by atoms with van der Waals surface area (Å²) in [6.07, 6.45) is 2.42. The molecule has 1 nitrogen and oxygen atoms in total. The van der Waals surface area contributed by atoms with E-state index >= 15 is 0 Å². The van der Waals surface area contributed by atoms with Crippen molar-refractivity contribution in [3.8, 4) is 0 Å². The molecule has 0 aromatic heterocycles. The molecule has 0 spiro atoms. The van der Waals surface area contributed by atoms with E-state index in [-0.39, 0.29) is 0 Å². The van der Waals surface area contributed by atoms with Crippen molar-refractivity contribution < 1.29 is 0 Å². The van der Waals surface area contributed by atoms with Crippen LogP contribution in [0.1, 0.15) is 43.4 Å². The number of aryl methyl sites for hydroxylation is 1. The number of hydrogen-bond donors (Lipinski definition) is 1. The Morgan fingerprint density at radius 1 is 1.25 bits per heavy atom. The minimum absolute atomic E-state index is 0.643. The van der Waals surface area contributed by atoms with Crippen molar-refractivity contribution in [2.75, 3.05) is 13.1 Å². The van der Waals surface area contributed by atoms with Gasteiger partial charge >= 0.3 is 0 Å². The van der Waals surface area contributed by atoms with Gasteiger partial charge in [0, 0.05) is 0 Å². The molecule has 0 unspecified atom stereocenters. The molecule has 0 atom stereocenters. The van der Waals surface area contributed by atoms with Gasteiger partial charge in [-0.25, -0.2) is 0 Å². The highest BCUT2D eigenvalue weighted by Crippen LogP contribution is 2.22. The Hall–Kier alpha value is -0.820. The van der Waals surface area contributed by atoms with E-state index in [0.29, 0.717) is 5.92 Å². The first kappa shape index (κ1) is 11.7. The molecule has 1 aromatic carbocycles. The van der Waals surface area contributed by atoms with E-state index in [1.165, 1.54) is 30.6 Å². The molecule has 1 aliphatic rings. The van der Waals surface area contributed by atoms with Crippen LogP contribution in [0.5, 0.6) is 0 Å². The van der Waals surface area contributed by atoms with Gasteiger partial charge in [-0.2, -0.15) is 0 Å². The van der Waals surface area contributed by atoms with Gasteiger partial charge < -0.3 is 5.32 Å². The largest absolute Gasteiger partial charge is 0.316 e. The van der Waals surface area contributed by atoms with Crippen molar-refractivity contribution in [2.45, 2.75) is 39.5 Å². The minimum atomic E-state index is 0.643. The molecule has 2 rings (SSSR count). The Kier molecular flexibility index (Phi) is 3.65. The molecule has 1 heterocycles. The Balaban J connectivity index is 2.20. The molecule has 1 fully saturated rings. The SMILES string of the molecule is CCc1ccc(C(C)C)cc1CC1CNC1. The molecule has 1 saturated heterocycles. The summed E-state index contributed by atoms with van der Waals surface area (Å²) in [5.41, 5.74) is 4.61. The summed E-state index contributed by atoms with van der Waals surface area (Å²) < 4.78 is 0. The van der Waals surface area contributed by atoms with E-state index in [9.17, 15) is 0 Å². The van der Waals surface area contributed by atoms with Gasteiger partial charge in [-0.3, -0.25) is 0 Å². The first-order valence-electron chi connectivity index (χ1n) is 6.53. The third-order valence-corrected chi connectivity index (χ3v) is 3.65. The van der Waals surface area contributed by atoms with Crippen LogP contribution in [0.25, 0.3) is 0 Å². The molecule has 1 heteroatoms. The summed E-state index contributed by atoms with van der Waals surface area (Å²) in [6.45, 7) is 9.21. The van der Waals surface area contributed by atoms with E-state index in [4.69, 9.17) is 0 Å². The Morgan fingerprint density at radius 3 is 2.50 bits per heavy atom. The smallest absolute Gasteiger partial charge is 0.000506 e. The van der Waals surface area contributed by atoms with Gasteiger partial charge in [-0.05, 0) is 54.5 Å². The average molecular weight is 217 g/mol. The molecule has 0 bridgehead atoms. The van der Waals surface area contributed by atoms with Gasteiger partial charge in [0.2, 0.25) is 0 Å². The van der Waals surface area contributed by atoms with Gasteiger partial charge in [0.05, 0.1) is 0 Å². The lowest BCUT2D eigenvalue weighted by Gasteiger charge is -2.28. The van der Waals surface area contributed by atoms with E-state index < -0.39 is 0 Å². The van der Waals surface area contributed by atoms with Crippen LogP contribution < -0.4 is 5.32 Å². The molecule has 1 aliphatic heterocycles. The fourth-order valence-corrected chi connectivity index (χ4v) is 2.34. The number of rotatable bonds is 4. The van der Waals surface area contributed by atoms with E-state index in [1.807, 2.05) is 0 Å². The average Bonchev–Trinajstić information content (AvgIpc) is 2.23. The highest BCUT2D eigenvalue weighted by molar-refractivity contribution is 5.34. The van der Waals surface area contributed by atoms with Crippen molar-refractivity contribution in [1.29, 1.82) is 0 Å². The fourth-order valence-electron chi connectivity index (χ4n) is 2.34. The second-order valence-electron chi connectivity index (χ2n) is 5.26. The topological polar surface area (TPSA) is 12.0 Å². The fraction of sp³-hybridized carbons (Fsp3) is 0.600. The summed E-state index contributed by atoms with van der Waals surface area (Å²) in [4.78, 5) is 0. The quantitative estimate of drug-likeness (QED) is 0.817. The summed E-state index contributed by atoms with van der Waals surface area (Å²) in [5.74, 6) is 1.51. The molecular weight excluding hydrogens is 194 g/mol. The lowest BCUT2D eigenvalue weighted by atomic mass is 9.88. The van der Waals surface area contributed by atoms with Crippen molar-refractivity contribution >= 4 is 0 Å². The second-order valence-corrected chi connectivity index (χ2v) is 5.26. The van der Waals surface area contributed by atoms with Crippen LogP contribution in [0.3, 0.4) is 0 Å². The van der Waals surface area contributed by atoms with Crippen molar-refractivity contribution in [2.24, 2.45) is 5.92 Å². The summed E-state index contributed by atoms with van der Waals surface area (Å²) in [7, 11) is 0. The van der Waals surface area contributed by atoms with Crippen molar-refractivity contribution in [3.63, 3.8) is 0 Å². The van der Waals surface area contributed by atoms with Crippen LogP contribution in [0, 0.1) is 5.92 Å². The Morgan fingerprint density at radius 2 is 2.00 bits per heavy atom. The maximum atomic E-state index is 3.36. The third kappa shape index (κ3) is 2.46. The zero-order chi connectivity index (χ0) is 11.5. The molecular formula is C15H23N. The lowest BCUT2D eigenvalue weighted by Crippen LogP contribution is -2.43. The van der Waals surface area contributed by atoms with Crippen LogP contribution in [-0.2, 0) is 12.8 Å². The second kappa shape index (κ2) is 5.01. The maximum absolute atomic E-state index is 3.36. The zero-order valence-corrected chi connectivity index (χ0v) is 10.7. The molecule has 0 radical (unpaired) electrons. The predicted octanol–water partition coefficient (Wildman–Crippen LogP) is 3.13. The minimum Gasteiger partial charge on any atom is -0.316 e. The van der Waals surface area contributed by atoms with Crippen LogP contribution in [-0.4, -0.2) is 13.1 Å². The molecule has 0 amide bonds. The molecule has 88 valence electrons. The van der Waals surface area contributed by atoms with Gasteiger partial charge in [0.25, 0.3) is 0 Å². The van der Waals surface area contributed by atoms with Crippen molar-refractivity contribution in [3.05, 3.63) is 34.9 Å².